The molecule has 3 aromatic heterocycles. The number of pyridine rings is 2. The van der Waals surface area contributed by atoms with Gasteiger partial charge in [-0.2, -0.15) is 0 Å². The van der Waals surface area contributed by atoms with Crippen molar-refractivity contribution >= 4 is 23.3 Å². The highest BCUT2D eigenvalue weighted by atomic mass is 16.2. The number of anilines is 1. The Balaban J connectivity index is 1.13. The second-order valence-corrected chi connectivity index (χ2v) is 8.10. The van der Waals surface area contributed by atoms with Crippen LogP contribution in [0.5, 0.6) is 0 Å². The van der Waals surface area contributed by atoms with Gasteiger partial charge in [-0.15, -0.1) is 0 Å². The van der Waals surface area contributed by atoms with E-state index in [9.17, 15) is 9.59 Å². The molecule has 0 atom stereocenters. The van der Waals surface area contributed by atoms with Gasteiger partial charge in [-0.25, -0.2) is 9.97 Å². The number of fused-ring (bicyclic) bond motifs is 1. The second kappa shape index (κ2) is 10.3. The minimum atomic E-state index is -0.108. The molecule has 1 aliphatic heterocycles. The van der Waals surface area contributed by atoms with Crippen LogP contribution in [-0.2, 0) is 4.79 Å². The first kappa shape index (κ1) is 21.8. The molecule has 3 aromatic rings. The van der Waals surface area contributed by atoms with Crippen LogP contribution in [-0.4, -0.2) is 63.8 Å². The Morgan fingerprint density at radius 2 is 1.81 bits per heavy atom. The molecule has 8 heteroatoms. The molecule has 1 saturated heterocycles. The average Bonchev–Trinajstić information content (AvgIpc) is 3.17. The van der Waals surface area contributed by atoms with Gasteiger partial charge in [0.05, 0.1) is 5.69 Å². The second-order valence-electron chi connectivity index (χ2n) is 8.10. The monoisotopic (exact) mass is 434 g/mol. The molecule has 4 rings (SSSR count). The molecule has 0 aliphatic carbocycles. The van der Waals surface area contributed by atoms with Gasteiger partial charge >= 0.3 is 0 Å². The summed E-state index contributed by atoms with van der Waals surface area (Å²) < 4.78 is 1.82. The summed E-state index contributed by atoms with van der Waals surface area (Å²) in [7, 11) is 0. The molecule has 0 spiro atoms. The fourth-order valence-corrected chi connectivity index (χ4v) is 4.13. The molecule has 2 amide bonds. The van der Waals surface area contributed by atoms with Gasteiger partial charge in [-0.3, -0.25) is 14.0 Å². The summed E-state index contributed by atoms with van der Waals surface area (Å²) in [5.41, 5.74) is 2.08. The molecule has 168 valence electrons. The molecule has 0 saturated carbocycles. The van der Waals surface area contributed by atoms with Crippen molar-refractivity contribution in [3.63, 3.8) is 0 Å². The number of rotatable bonds is 8. The molecule has 0 radical (unpaired) electrons. The third kappa shape index (κ3) is 5.07. The van der Waals surface area contributed by atoms with Crippen LogP contribution < -0.4 is 10.2 Å². The largest absolute Gasteiger partial charge is 0.353 e. The zero-order chi connectivity index (χ0) is 22.3. The molecule has 1 fully saturated rings. The van der Waals surface area contributed by atoms with Crippen molar-refractivity contribution in [1.82, 2.24) is 24.6 Å². The SMILES string of the molecule is Cc1nc2ccccn2c1C(=O)NCCCCCC(=O)N1CCN(c2ccccn2)CC1. The fraction of sp³-hybridized carbons (Fsp3) is 0.417. The Morgan fingerprint density at radius 1 is 1.00 bits per heavy atom. The minimum Gasteiger partial charge on any atom is -0.353 e. The molecule has 8 nitrogen and oxygen atoms in total. The van der Waals surface area contributed by atoms with E-state index in [-0.39, 0.29) is 11.8 Å². The third-order valence-electron chi connectivity index (χ3n) is 5.88. The Hall–Kier alpha value is -3.42. The van der Waals surface area contributed by atoms with Crippen molar-refractivity contribution in [3.05, 3.63) is 60.2 Å². The van der Waals surface area contributed by atoms with Gasteiger partial charge in [-0.05, 0) is 44.0 Å². The van der Waals surface area contributed by atoms with Gasteiger partial charge in [0.25, 0.3) is 5.91 Å². The van der Waals surface area contributed by atoms with E-state index in [4.69, 9.17) is 0 Å². The lowest BCUT2D eigenvalue weighted by atomic mass is 10.1. The molecular weight excluding hydrogens is 404 g/mol. The van der Waals surface area contributed by atoms with E-state index in [2.05, 4.69) is 20.2 Å². The van der Waals surface area contributed by atoms with E-state index in [0.717, 1.165) is 62.6 Å². The zero-order valence-electron chi connectivity index (χ0n) is 18.5. The molecule has 0 unspecified atom stereocenters. The zero-order valence-corrected chi connectivity index (χ0v) is 18.5. The smallest absolute Gasteiger partial charge is 0.270 e. The van der Waals surface area contributed by atoms with Gasteiger partial charge in [0.2, 0.25) is 5.91 Å². The molecule has 1 N–H and O–H groups in total. The Kier molecular flexibility index (Phi) is 6.99. The van der Waals surface area contributed by atoms with E-state index in [1.807, 2.05) is 58.8 Å². The van der Waals surface area contributed by atoms with Crippen molar-refractivity contribution in [3.8, 4) is 0 Å². The number of nitrogens with zero attached hydrogens (tertiary/aromatic N) is 5. The molecule has 0 aromatic carbocycles. The minimum absolute atomic E-state index is 0.108. The van der Waals surface area contributed by atoms with E-state index in [0.29, 0.717) is 18.7 Å². The van der Waals surface area contributed by atoms with E-state index >= 15 is 0 Å². The number of aromatic nitrogens is 3. The highest BCUT2D eigenvalue weighted by Gasteiger charge is 2.21. The number of hydrogen-bond donors (Lipinski definition) is 1. The molecule has 4 heterocycles. The standard InChI is InChI=1S/C24H30N6O2/c1-19-23(30-14-8-5-10-21(30)27-19)24(32)26-13-6-2-3-11-22(31)29-17-15-28(16-18-29)20-9-4-7-12-25-20/h4-5,7-10,12,14H,2-3,6,11,13,15-18H2,1H3,(H,26,32). The number of carbonyl (C=O) groups excluding carboxylic acids is 2. The number of amides is 2. The van der Waals surface area contributed by atoms with Gasteiger partial charge in [-0.1, -0.05) is 18.6 Å². The number of aryl methyl sites for hydroxylation is 1. The van der Waals surface area contributed by atoms with Crippen molar-refractivity contribution < 1.29 is 9.59 Å². The van der Waals surface area contributed by atoms with Crippen LogP contribution in [0.3, 0.4) is 0 Å². The van der Waals surface area contributed by atoms with Crippen molar-refractivity contribution in [2.45, 2.75) is 32.6 Å². The Bertz CT molecular complexity index is 1060. The number of piperazine rings is 1. The van der Waals surface area contributed by atoms with Crippen LogP contribution in [0.4, 0.5) is 5.82 Å². The summed E-state index contributed by atoms with van der Waals surface area (Å²) in [6.07, 6.45) is 6.81. The summed E-state index contributed by atoms with van der Waals surface area (Å²) in [5, 5.41) is 2.98. The van der Waals surface area contributed by atoms with Crippen LogP contribution >= 0.6 is 0 Å². The number of nitrogens with one attached hydrogen (secondary N) is 1. The maximum Gasteiger partial charge on any atom is 0.270 e. The predicted octanol–water partition coefficient (Wildman–Crippen LogP) is 2.68. The number of unbranched alkanes of at least 4 members (excludes halogenated alkanes) is 2. The lowest BCUT2D eigenvalue weighted by molar-refractivity contribution is -0.131. The molecule has 0 bridgehead atoms. The summed E-state index contributed by atoms with van der Waals surface area (Å²) in [5.74, 6) is 1.08. The first-order valence-electron chi connectivity index (χ1n) is 11.3. The van der Waals surface area contributed by atoms with Crippen LogP contribution in [0.15, 0.2) is 48.8 Å². The van der Waals surface area contributed by atoms with Crippen LogP contribution in [0, 0.1) is 6.92 Å². The molecular formula is C24H30N6O2. The van der Waals surface area contributed by atoms with Gasteiger partial charge in [0.15, 0.2) is 0 Å². The van der Waals surface area contributed by atoms with Crippen molar-refractivity contribution in [2.75, 3.05) is 37.6 Å². The van der Waals surface area contributed by atoms with Crippen LogP contribution in [0.25, 0.3) is 5.65 Å². The number of hydrogen-bond acceptors (Lipinski definition) is 5. The van der Waals surface area contributed by atoms with Gasteiger partial charge in [0.1, 0.15) is 17.2 Å². The maximum absolute atomic E-state index is 12.6. The van der Waals surface area contributed by atoms with Gasteiger partial charge in [0, 0.05) is 51.5 Å². The summed E-state index contributed by atoms with van der Waals surface area (Å²) in [4.78, 5) is 38.1. The number of imidazole rings is 1. The van der Waals surface area contributed by atoms with Crippen LogP contribution in [0.1, 0.15) is 41.9 Å². The average molecular weight is 435 g/mol. The first-order chi connectivity index (χ1) is 15.6. The highest BCUT2D eigenvalue weighted by molar-refractivity contribution is 5.94. The predicted molar refractivity (Wildman–Crippen MR) is 124 cm³/mol. The van der Waals surface area contributed by atoms with E-state index in [1.54, 1.807) is 6.20 Å². The maximum atomic E-state index is 12.6. The Morgan fingerprint density at radius 3 is 2.59 bits per heavy atom. The Labute approximate surface area is 188 Å². The number of carbonyl (C=O) groups is 2. The molecule has 32 heavy (non-hydrogen) atoms. The lowest BCUT2D eigenvalue weighted by Crippen LogP contribution is -2.49. The quantitative estimate of drug-likeness (QED) is 0.551. The fourth-order valence-electron chi connectivity index (χ4n) is 4.13. The molecule has 1 aliphatic rings. The lowest BCUT2D eigenvalue weighted by Gasteiger charge is -2.35. The van der Waals surface area contributed by atoms with E-state index < -0.39 is 0 Å². The normalized spacial score (nSPS) is 14.0. The van der Waals surface area contributed by atoms with Crippen LogP contribution in [0.2, 0.25) is 0 Å². The summed E-state index contributed by atoms with van der Waals surface area (Å²) >= 11 is 0. The van der Waals surface area contributed by atoms with Crippen molar-refractivity contribution in [2.24, 2.45) is 0 Å². The highest BCUT2D eigenvalue weighted by Crippen LogP contribution is 2.14. The summed E-state index contributed by atoms with van der Waals surface area (Å²) in [6, 6.07) is 11.6. The third-order valence-corrected chi connectivity index (χ3v) is 5.88. The topological polar surface area (TPSA) is 82.8 Å². The van der Waals surface area contributed by atoms with E-state index in [1.165, 1.54) is 0 Å². The first-order valence-corrected chi connectivity index (χ1v) is 11.3. The summed E-state index contributed by atoms with van der Waals surface area (Å²) in [6.45, 7) is 5.56. The van der Waals surface area contributed by atoms with Crippen molar-refractivity contribution in [1.29, 1.82) is 0 Å². The van der Waals surface area contributed by atoms with Gasteiger partial charge < -0.3 is 15.1 Å².